The molecule has 0 aliphatic rings. The molecule has 112 valence electrons. The first kappa shape index (κ1) is 16.5. The van der Waals surface area contributed by atoms with Crippen molar-refractivity contribution in [2.45, 2.75) is 32.5 Å². The summed E-state index contributed by atoms with van der Waals surface area (Å²) in [7, 11) is 0. The summed E-state index contributed by atoms with van der Waals surface area (Å²) in [5, 5.41) is 19.6. The highest BCUT2D eigenvalue weighted by molar-refractivity contribution is 5.72. The quantitative estimate of drug-likeness (QED) is 0.894. The minimum atomic E-state index is -4.54. The molecule has 0 radical (unpaired) electrons. The first-order chi connectivity index (χ1) is 8.98. The van der Waals surface area contributed by atoms with E-state index in [1.807, 2.05) is 0 Å². The lowest BCUT2D eigenvalue weighted by Gasteiger charge is -2.33. The van der Waals surface area contributed by atoms with Crippen LogP contribution in [-0.4, -0.2) is 16.2 Å². The monoisotopic (exact) mass is 290 g/mol. The Kier molecular flexibility index (Phi) is 4.49. The molecule has 1 aromatic carbocycles. The molecule has 0 saturated heterocycles. The zero-order chi connectivity index (χ0) is 15.7. The van der Waals surface area contributed by atoms with Gasteiger partial charge in [-0.05, 0) is 30.5 Å². The van der Waals surface area contributed by atoms with E-state index in [0.29, 0.717) is 0 Å². The standard InChI is InChI=1S/C14H17F3O3/c1-8(2)11(12(18)19)13(3,20)9-5-4-6-10(7-9)14(15,16)17/h4-8,11,20H,1-3H3,(H,18,19). The summed E-state index contributed by atoms with van der Waals surface area (Å²) in [5.41, 5.74) is -2.86. The van der Waals surface area contributed by atoms with Crippen molar-refractivity contribution in [3.8, 4) is 0 Å². The van der Waals surface area contributed by atoms with Crippen molar-refractivity contribution < 1.29 is 28.2 Å². The largest absolute Gasteiger partial charge is 0.481 e. The van der Waals surface area contributed by atoms with E-state index < -0.39 is 35.1 Å². The summed E-state index contributed by atoms with van der Waals surface area (Å²) < 4.78 is 38.0. The van der Waals surface area contributed by atoms with Crippen molar-refractivity contribution in [2.75, 3.05) is 0 Å². The second-order valence-corrected chi connectivity index (χ2v) is 5.29. The van der Waals surface area contributed by atoms with E-state index in [2.05, 4.69) is 0 Å². The highest BCUT2D eigenvalue weighted by atomic mass is 19.4. The molecule has 2 atom stereocenters. The Bertz CT molecular complexity index is 493. The molecule has 0 bridgehead atoms. The summed E-state index contributed by atoms with van der Waals surface area (Å²) in [6, 6.07) is 4.13. The van der Waals surface area contributed by atoms with Crippen LogP contribution in [0.2, 0.25) is 0 Å². The Morgan fingerprint density at radius 3 is 2.10 bits per heavy atom. The Balaban J connectivity index is 3.31. The number of rotatable bonds is 4. The smallest absolute Gasteiger partial charge is 0.416 e. The second kappa shape index (κ2) is 5.44. The Hall–Kier alpha value is -1.56. The van der Waals surface area contributed by atoms with E-state index in [1.165, 1.54) is 13.0 Å². The number of hydrogen-bond acceptors (Lipinski definition) is 2. The SMILES string of the molecule is CC(C)C(C(=O)O)C(C)(O)c1cccc(C(F)(F)F)c1. The molecule has 20 heavy (non-hydrogen) atoms. The lowest BCUT2D eigenvalue weighted by molar-refractivity contribution is -0.155. The summed E-state index contributed by atoms with van der Waals surface area (Å²) in [6.45, 7) is 4.42. The van der Waals surface area contributed by atoms with Crippen molar-refractivity contribution in [3.63, 3.8) is 0 Å². The second-order valence-electron chi connectivity index (χ2n) is 5.29. The molecule has 0 aliphatic carbocycles. The summed E-state index contributed by atoms with van der Waals surface area (Å²) in [5.74, 6) is -2.88. The molecule has 1 rings (SSSR count). The highest BCUT2D eigenvalue weighted by Gasteiger charge is 2.42. The van der Waals surface area contributed by atoms with Crippen LogP contribution >= 0.6 is 0 Å². The molecule has 0 aromatic heterocycles. The molecular formula is C14H17F3O3. The van der Waals surface area contributed by atoms with Crippen molar-refractivity contribution in [2.24, 2.45) is 11.8 Å². The van der Waals surface area contributed by atoms with Gasteiger partial charge in [-0.15, -0.1) is 0 Å². The zero-order valence-corrected chi connectivity index (χ0v) is 11.4. The maximum absolute atomic E-state index is 12.7. The van der Waals surface area contributed by atoms with Gasteiger partial charge < -0.3 is 10.2 Å². The van der Waals surface area contributed by atoms with Crippen LogP contribution in [0.4, 0.5) is 13.2 Å². The summed E-state index contributed by atoms with van der Waals surface area (Å²) in [4.78, 5) is 11.3. The van der Waals surface area contributed by atoms with E-state index in [9.17, 15) is 28.2 Å². The van der Waals surface area contributed by atoms with Gasteiger partial charge in [0.25, 0.3) is 0 Å². The topological polar surface area (TPSA) is 57.5 Å². The van der Waals surface area contributed by atoms with Gasteiger partial charge >= 0.3 is 12.1 Å². The summed E-state index contributed by atoms with van der Waals surface area (Å²) in [6.07, 6.45) is -4.54. The third-order valence-electron chi connectivity index (χ3n) is 3.31. The fourth-order valence-electron chi connectivity index (χ4n) is 2.36. The van der Waals surface area contributed by atoms with Crippen LogP contribution in [0.1, 0.15) is 31.9 Å². The molecule has 0 amide bonds. The number of hydrogen-bond donors (Lipinski definition) is 2. The van der Waals surface area contributed by atoms with E-state index in [4.69, 9.17) is 0 Å². The normalized spacial score (nSPS) is 16.8. The number of carbonyl (C=O) groups is 1. The maximum atomic E-state index is 12.7. The number of carboxylic acids is 1. The molecule has 0 saturated carbocycles. The van der Waals surface area contributed by atoms with E-state index in [-0.39, 0.29) is 5.56 Å². The minimum Gasteiger partial charge on any atom is -0.481 e. The molecule has 0 spiro atoms. The first-order valence-corrected chi connectivity index (χ1v) is 6.11. The first-order valence-electron chi connectivity index (χ1n) is 6.11. The van der Waals surface area contributed by atoms with Crippen LogP contribution in [0.25, 0.3) is 0 Å². The summed E-state index contributed by atoms with van der Waals surface area (Å²) >= 11 is 0. The number of aliphatic hydroxyl groups is 1. The molecule has 0 fully saturated rings. The lowest BCUT2D eigenvalue weighted by Crippen LogP contribution is -2.40. The minimum absolute atomic E-state index is 0.0616. The Morgan fingerprint density at radius 2 is 1.70 bits per heavy atom. The molecule has 0 heterocycles. The van der Waals surface area contributed by atoms with Crippen LogP contribution in [0.5, 0.6) is 0 Å². The van der Waals surface area contributed by atoms with E-state index in [1.54, 1.807) is 13.8 Å². The number of halogens is 3. The van der Waals surface area contributed by atoms with Crippen LogP contribution in [0.15, 0.2) is 24.3 Å². The molecule has 6 heteroatoms. The molecular weight excluding hydrogens is 273 g/mol. The molecule has 1 aromatic rings. The van der Waals surface area contributed by atoms with Crippen molar-refractivity contribution >= 4 is 5.97 Å². The van der Waals surface area contributed by atoms with Crippen LogP contribution in [-0.2, 0) is 16.6 Å². The fourth-order valence-corrected chi connectivity index (χ4v) is 2.36. The lowest BCUT2D eigenvalue weighted by atomic mass is 9.76. The Morgan fingerprint density at radius 1 is 1.20 bits per heavy atom. The number of aliphatic carboxylic acids is 1. The zero-order valence-electron chi connectivity index (χ0n) is 11.4. The van der Waals surface area contributed by atoms with Crippen molar-refractivity contribution in [1.82, 2.24) is 0 Å². The molecule has 3 nitrogen and oxygen atoms in total. The van der Waals surface area contributed by atoms with Crippen LogP contribution in [0, 0.1) is 11.8 Å². The third-order valence-corrected chi connectivity index (χ3v) is 3.31. The highest BCUT2D eigenvalue weighted by Crippen LogP contribution is 2.37. The molecule has 0 aliphatic heterocycles. The number of benzene rings is 1. The Labute approximate surface area is 115 Å². The average molecular weight is 290 g/mol. The van der Waals surface area contributed by atoms with Crippen molar-refractivity contribution in [3.05, 3.63) is 35.4 Å². The predicted octanol–water partition coefficient (Wildman–Crippen LogP) is 3.27. The van der Waals surface area contributed by atoms with Gasteiger partial charge in [-0.3, -0.25) is 4.79 Å². The molecule has 2 N–H and O–H groups in total. The average Bonchev–Trinajstić information content (AvgIpc) is 2.26. The van der Waals surface area contributed by atoms with E-state index in [0.717, 1.165) is 18.2 Å². The van der Waals surface area contributed by atoms with Crippen LogP contribution in [0.3, 0.4) is 0 Å². The van der Waals surface area contributed by atoms with Crippen LogP contribution < -0.4 is 0 Å². The van der Waals surface area contributed by atoms with E-state index >= 15 is 0 Å². The van der Waals surface area contributed by atoms with Gasteiger partial charge in [-0.25, -0.2) is 0 Å². The van der Waals surface area contributed by atoms with Gasteiger partial charge in [0.15, 0.2) is 0 Å². The number of alkyl halides is 3. The predicted molar refractivity (Wildman–Crippen MR) is 67.0 cm³/mol. The number of carboxylic acid groups (broad SMARTS) is 1. The van der Waals surface area contributed by atoms with Crippen molar-refractivity contribution in [1.29, 1.82) is 0 Å². The third kappa shape index (κ3) is 3.30. The van der Waals surface area contributed by atoms with Gasteiger partial charge in [-0.1, -0.05) is 26.0 Å². The van der Waals surface area contributed by atoms with Gasteiger partial charge in [0.2, 0.25) is 0 Å². The molecule has 2 unspecified atom stereocenters. The van der Waals surface area contributed by atoms with Gasteiger partial charge in [-0.2, -0.15) is 13.2 Å². The van der Waals surface area contributed by atoms with Gasteiger partial charge in [0.1, 0.15) is 5.60 Å². The van der Waals surface area contributed by atoms with Gasteiger partial charge in [0.05, 0.1) is 11.5 Å². The fraction of sp³-hybridized carbons (Fsp3) is 0.500. The van der Waals surface area contributed by atoms with Gasteiger partial charge in [0, 0.05) is 0 Å². The maximum Gasteiger partial charge on any atom is 0.416 e.